The van der Waals surface area contributed by atoms with E-state index in [1.165, 1.54) is 4.73 Å². The Hall–Kier alpha value is -2.03. The molecule has 3 heteroatoms. The lowest BCUT2D eigenvalue weighted by Gasteiger charge is -2.04. The lowest BCUT2D eigenvalue weighted by molar-refractivity contribution is -0.144. The van der Waals surface area contributed by atoms with Crippen molar-refractivity contribution in [1.29, 1.82) is 0 Å². The topological polar surface area (TPSA) is 31.2 Å². The number of carbonyl (C=O) groups is 1. The maximum atomic E-state index is 11.4. The molecule has 0 saturated heterocycles. The summed E-state index contributed by atoms with van der Waals surface area (Å²) in [6.07, 6.45) is 4.49. The summed E-state index contributed by atoms with van der Waals surface area (Å²) in [5.41, 5.74) is 1.15. The van der Waals surface area contributed by atoms with Gasteiger partial charge in [0.2, 0.25) is 0 Å². The van der Waals surface area contributed by atoms with Crippen molar-refractivity contribution in [2.75, 3.05) is 0 Å². The Morgan fingerprint density at radius 2 is 1.75 bits per heavy atom. The zero-order valence-electron chi connectivity index (χ0n) is 8.87. The predicted molar refractivity (Wildman–Crippen MR) is 60.8 cm³/mol. The predicted octanol–water partition coefficient (Wildman–Crippen LogP) is 2.08. The summed E-state index contributed by atoms with van der Waals surface area (Å²) < 4.78 is 1.41. The fourth-order valence-electron chi connectivity index (χ4n) is 1.43. The number of aryl methyl sites for hydroxylation is 1. The molecular weight excluding hydrogens is 202 g/mol. The molecule has 1 aromatic heterocycles. The molecule has 0 bridgehead atoms. The Kier molecular flexibility index (Phi) is 3.38. The monoisotopic (exact) mass is 215 g/mol. The molecule has 0 fully saturated rings. The molecule has 1 heterocycles. The van der Waals surface area contributed by atoms with E-state index in [2.05, 4.69) is 0 Å². The summed E-state index contributed by atoms with van der Waals surface area (Å²) in [7, 11) is 0. The third-order valence-corrected chi connectivity index (χ3v) is 2.24. The van der Waals surface area contributed by atoms with Crippen molar-refractivity contribution in [2.45, 2.75) is 12.8 Å². The van der Waals surface area contributed by atoms with Gasteiger partial charge in [-0.2, -0.15) is 4.73 Å². The Balaban J connectivity index is 1.80. The van der Waals surface area contributed by atoms with Crippen molar-refractivity contribution in [3.8, 4) is 0 Å². The molecule has 0 aliphatic rings. The van der Waals surface area contributed by atoms with Gasteiger partial charge in [-0.15, -0.1) is 0 Å². The smallest absolute Gasteiger partial charge is 0.333 e. The zero-order valence-corrected chi connectivity index (χ0v) is 8.87. The average Bonchev–Trinajstić information content (AvgIpc) is 2.81. The van der Waals surface area contributed by atoms with E-state index < -0.39 is 0 Å². The molecule has 0 aliphatic carbocycles. The number of hydrogen-bond acceptors (Lipinski definition) is 2. The molecule has 0 radical (unpaired) electrons. The molecule has 0 saturated carbocycles. The van der Waals surface area contributed by atoms with Crippen LogP contribution in [-0.4, -0.2) is 10.7 Å². The van der Waals surface area contributed by atoms with Gasteiger partial charge in [0.15, 0.2) is 0 Å². The van der Waals surface area contributed by atoms with Crippen LogP contribution in [0.25, 0.3) is 0 Å². The van der Waals surface area contributed by atoms with Gasteiger partial charge in [-0.1, -0.05) is 30.3 Å². The van der Waals surface area contributed by atoms with Gasteiger partial charge in [0, 0.05) is 12.4 Å². The van der Waals surface area contributed by atoms with E-state index in [1.54, 1.807) is 12.4 Å². The second-order valence-electron chi connectivity index (χ2n) is 3.49. The number of hydrogen-bond donors (Lipinski definition) is 0. The maximum Gasteiger partial charge on any atom is 0.333 e. The van der Waals surface area contributed by atoms with Gasteiger partial charge in [-0.05, 0) is 24.1 Å². The Labute approximate surface area is 94.2 Å². The second-order valence-corrected chi connectivity index (χ2v) is 3.49. The Morgan fingerprint density at radius 3 is 2.44 bits per heavy atom. The van der Waals surface area contributed by atoms with Crippen LogP contribution in [0.3, 0.4) is 0 Å². The van der Waals surface area contributed by atoms with E-state index in [-0.39, 0.29) is 5.97 Å². The second kappa shape index (κ2) is 5.16. The molecule has 0 unspecified atom stereocenters. The number of rotatable bonds is 4. The third kappa shape index (κ3) is 2.98. The van der Waals surface area contributed by atoms with Gasteiger partial charge in [0.25, 0.3) is 0 Å². The van der Waals surface area contributed by atoms with Crippen LogP contribution in [0.2, 0.25) is 0 Å². The highest BCUT2D eigenvalue weighted by atomic mass is 16.7. The van der Waals surface area contributed by atoms with Crippen LogP contribution in [0.5, 0.6) is 0 Å². The van der Waals surface area contributed by atoms with Gasteiger partial charge in [0.05, 0.1) is 6.42 Å². The summed E-state index contributed by atoms with van der Waals surface area (Å²) in [4.78, 5) is 16.5. The van der Waals surface area contributed by atoms with Crippen LogP contribution >= 0.6 is 0 Å². The van der Waals surface area contributed by atoms with Crippen LogP contribution in [-0.2, 0) is 11.2 Å². The summed E-state index contributed by atoms with van der Waals surface area (Å²) in [5.74, 6) is -0.222. The summed E-state index contributed by atoms with van der Waals surface area (Å²) in [6.45, 7) is 0. The van der Waals surface area contributed by atoms with Crippen molar-refractivity contribution in [3.05, 3.63) is 60.4 Å². The maximum absolute atomic E-state index is 11.4. The van der Waals surface area contributed by atoms with Crippen LogP contribution in [0.4, 0.5) is 0 Å². The normalized spacial score (nSPS) is 10.0. The first-order valence-electron chi connectivity index (χ1n) is 5.23. The van der Waals surface area contributed by atoms with Crippen LogP contribution < -0.4 is 4.84 Å². The van der Waals surface area contributed by atoms with Gasteiger partial charge in [0.1, 0.15) is 0 Å². The van der Waals surface area contributed by atoms with Crippen molar-refractivity contribution < 1.29 is 9.63 Å². The molecule has 2 aromatic rings. The minimum atomic E-state index is -0.222. The van der Waals surface area contributed by atoms with Gasteiger partial charge >= 0.3 is 5.97 Å². The molecule has 0 N–H and O–H groups in total. The first-order valence-corrected chi connectivity index (χ1v) is 5.23. The summed E-state index contributed by atoms with van der Waals surface area (Å²) in [5, 5.41) is 0. The molecule has 1 aromatic carbocycles. The molecular formula is C13H13NO2. The average molecular weight is 215 g/mol. The first-order chi connectivity index (χ1) is 7.84. The molecule has 0 atom stereocenters. The van der Waals surface area contributed by atoms with Crippen LogP contribution in [0, 0.1) is 0 Å². The molecule has 0 aliphatic heterocycles. The molecule has 3 nitrogen and oxygen atoms in total. The number of carbonyl (C=O) groups excluding carboxylic acids is 1. The van der Waals surface area contributed by atoms with E-state index in [4.69, 9.17) is 4.84 Å². The van der Waals surface area contributed by atoms with Crippen molar-refractivity contribution in [1.82, 2.24) is 4.73 Å². The summed E-state index contributed by atoms with van der Waals surface area (Å²) >= 11 is 0. The molecule has 0 amide bonds. The van der Waals surface area contributed by atoms with Gasteiger partial charge in [-0.3, -0.25) is 0 Å². The van der Waals surface area contributed by atoms with Gasteiger partial charge < -0.3 is 4.84 Å². The van der Waals surface area contributed by atoms with Crippen LogP contribution in [0.15, 0.2) is 54.9 Å². The van der Waals surface area contributed by atoms with Gasteiger partial charge in [-0.25, -0.2) is 4.79 Å². The van der Waals surface area contributed by atoms with E-state index >= 15 is 0 Å². The third-order valence-electron chi connectivity index (χ3n) is 2.24. The SMILES string of the molecule is O=C(CCc1ccccc1)On1cccc1. The van der Waals surface area contributed by atoms with Crippen molar-refractivity contribution >= 4 is 5.97 Å². The number of benzene rings is 1. The number of nitrogens with zero attached hydrogens (tertiary/aromatic N) is 1. The zero-order chi connectivity index (χ0) is 11.2. The largest absolute Gasteiger partial charge is 0.337 e. The minimum Gasteiger partial charge on any atom is -0.337 e. The highest BCUT2D eigenvalue weighted by Crippen LogP contribution is 2.02. The van der Waals surface area contributed by atoms with Crippen molar-refractivity contribution in [2.24, 2.45) is 0 Å². The highest BCUT2D eigenvalue weighted by Gasteiger charge is 2.04. The fourth-order valence-corrected chi connectivity index (χ4v) is 1.43. The molecule has 0 spiro atoms. The van der Waals surface area contributed by atoms with E-state index in [0.717, 1.165) is 5.56 Å². The molecule has 82 valence electrons. The fraction of sp³-hybridized carbons (Fsp3) is 0.154. The van der Waals surface area contributed by atoms with E-state index in [1.807, 2.05) is 42.5 Å². The number of aromatic nitrogens is 1. The minimum absolute atomic E-state index is 0.222. The highest BCUT2D eigenvalue weighted by molar-refractivity contribution is 5.70. The summed E-state index contributed by atoms with van der Waals surface area (Å²) in [6, 6.07) is 13.5. The Bertz CT molecular complexity index is 434. The van der Waals surface area contributed by atoms with E-state index in [9.17, 15) is 4.79 Å². The lowest BCUT2D eigenvalue weighted by Crippen LogP contribution is -2.18. The lowest BCUT2D eigenvalue weighted by atomic mass is 10.1. The quantitative estimate of drug-likeness (QED) is 0.781. The van der Waals surface area contributed by atoms with E-state index in [0.29, 0.717) is 12.8 Å². The molecule has 2 rings (SSSR count). The van der Waals surface area contributed by atoms with Crippen LogP contribution in [0.1, 0.15) is 12.0 Å². The molecule has 16 heavy (non-hydrogen) atoms. The first kappa shape index (κ1) is 10.5. The Morgan fingerprint density at radius 1 is 1.06 bits per heavy atom. The van der Waals surface area contributed by atoms with Crippen molar-refractivity contribution in [3.63, 3.8) is 0 Å². The standard InChI is InChI=1S/C13H13NO2/c15-13(16-14-10-4-5-11-14)9-8-12-6-2-1-3-7-12/h1-7,10-11H,8-9H2.